The standard InChI is InChI=1S/C21H32N4O2S/c1-3-22-21(23-13-16(2)15-25-8-10-27-11-9-25)24-14-18(26)20-12-17-6-4-5-7-19(17)28-20/h4-7,12,16,18,26H,3,8-11,13-15H2,1-2H3,(H2,22,23,24). The van der Waals surface area contributed by atoms with Gasteiger partial charge in [-0.2, -0.15) is 0 Å². The summed E-state index contributed by atoms with van der Waals surface area (Å²) in [5, 5.41) is 18.3. The van der Waals surface area contributed by atoms with Crippen LogP contribution in [0.3, 0.4) is 0 Å². The molecule has 1 saturated heterocycles. The molecular weight excluding hydrogens is 372 g/mol. The first kappa shape index (κ1) is 21.0. The number of nitrogens with zero attached hydrogens (tertiary/aromatic N) is 2. The second-order valence-corrected chi connectivity index (χ2v) is 8.44. The largest absolute Gasteiger partial charge is 0.386 e. The minimum Gasteiger partial charge on any atom is -0.386 e. The van der Waals surface area contributed by atoms with Crippen LogP contribution in [0.15, 0.2) is 35.3 Å². The van der Waals surface area contributed by atoms with Gasteiger partial charge in [0, 0.05) is 48.8 Å². The lowest BCUT2D eigenvalue weighted by atomic mass is 10.1. The molecule has 0 radical (unpaired) electrons. The molecule has 2 atom stereocenters. The normalized spacial score (nSPS) is 18.2. The van der Waals surface area contributed by atoms with E-state index >= 15 is 0 Å². The topological polar surface area (TPSA) is 69.1 Å². The van der Waals surface area contributed by atoms with Crippen molar-refractivity contribution in [2.45, 2.75) is 20.0 Å². The van der Waals surface area contributed by atoms with Gasteiger partial charge in [-0.15, -0.1) is 11.3 Å². The van der Waals surface area contributed by atoms with Gasteiger partial charge in [0.25, 0.3) is 0 Å². The van der Waals surface area contributed by atoms with E-state index < -0.39 is 6.10 Å². The zero-order chi connectivity index (χ0) is 19.8. The molecule has 0 amide bonds. The Bertz CT molecular complexity index is 725. The van der Waals surface area contributed by atoms with Crippen LogP contribution in [0.4, 0.5) is 0 Å². The van der Waals surface area contributed by atoms with Crippen molar-refractivity contribution < 1.29 is 9.84 Å². The highest BCUT2D eigenvalue weighted by Gasteiger charge is 2.15. The van der Waals surface area contributed by atoms with Crippen molar-refractivity contribution >= 4 is 27.4 Å². The summed E-state index contributed by atoms with van der Waals surface area (Å²) in [6.07, 6.45) is -0.549. The van der Waals surface area contributed by atoms with E-state index in [9.17, 15) is 5.11 Å². The van der Waals surface area contributed by atoms with Gasteiger partial charge in [-0.3, -0.25) is 9.89 Å². The molecule has 3 N–H and O–H groups in total. The summed E-state index contributed by atoms with van der Waals surface area (Å²) < 4.78 is 6.61. The van der Waals surface area contributed by atoms with Gasteiger partial charge in [0.1, 0.15) is 6.10 Å². The molecule has 1 aromatic carbocycles. The first-order valence-electron chi connectivity index (χ1n) is 10.1. The molecule has 1 aliphatic heterocycles. The molecular formula is C21H32N4O2S. The highest BCUT2D eigenvalue weighted by Crippen LogP contribution is 2.29. The number of guanidine groups is 1. The van der Waals surface area contributed by atoms with Gasteiger partial charge in [-0.05, 0) is 30.4 Å². The summed E-state index contributed by atoms with van der Waals surface area (Å²) in [6.45, 7) is 11.0. The van der Waals surface area contributed by atoms with Crippen molar-refractivity contribution in [3.05, 3.63) is 35.2 Å². The number of nitrogens with one attached hydrogen (secondary N) is 2. The van der Waals surface area contributed by atoms with E-state index in [1.54, 1.807) is 11.3 Å². The van der Waals surface area contributed by atoms with Crippen LogP contribution < -0.4 is 10.6 Å². The van der Waals surface area contributed by atoms with Crippen molar-refractivity contribution in [1.29, 1.82) is 0 Å². The molecule has 1 aromatic heterocycles. The number of ether oxygens (including phenoxy) is 1. The quantitative estimate of drug-likeness (QED) is 0.466. The van der Waals surface area contributed by atoms with Gasteiger partial charge >= 0.3 is 0 Å². The van der Waals surface area contributed by atoms with Crippen molar-refractivity contribution in [3.63, 3.8) is 0 Å². The first-order valence-corrected chi connectivity index (χ1v) is 11.0. The molecule has 6 nitrogen and oxygen atoms in total. The van der Waals surface area contributed by atoms with E-state index in [4.69, 9.17) is 9.73 Å². The molecule has 0 spiro atoms. The van der Waals surface area contributed by atoms with Crippen LogP contribution in [-0.2, 0) is 4.74 Å². The maximum Gasteiger partial charge on any atom is 0.191 e. The number of aliphatic imine (C=N–C) groups is 1. The minimum absolute atomic E-state index is 0.441. The molecule has 0 aliphatic carbocycles. The summed E-state index contributed by atoms with van der Waals surface area (Å²) >= 11 is 1.64. The molecule has 0 bridgehead atoms. The molecule has 7 heteroatoms. The third-order valence-electron chi connectivity index (χ3n) is 4.81. The van der Waals surface area contributed by atoms with Crippen LogP contribution in [0, 0.1) is 5.92 Å². The zero-order valence-electron chi connectivity index (χ0n) is 16.9. The van der Waals surface area contributed by atoms with Crippen molar-refractivity contribution in [3.8, 4) is 0 Å². The second kappa shape index (κ2) is 10.8. The lowest BCUT2D eigenvalue weighted by Crippen LogP contribution is -2.41. The fourth-order valence-corrected chi connectivity index (χ4v) is 4.38. The predicted molar refractivity (Wildman–Crippen MR) is 117 cm³/mol. The number of hydrogen-bond donors (Lipinski definition) is 3. The predicted octanol–water partition coefficient (Wildman–Crippen LogP) is 2.46. The van der Waals surface area contributed by atoms with Gasteiger partial charge < -0.3 is 20.5 Å². The SMILES string of the molecule is CCNC(=NCC(C)CN1CCOCC1)NCC(O)c1cc2ccccc2s1. The molecule has 1 fully saturated rings. The van der Waals surface area contributed by atoms with Crippen molar-refractivity contribution in [2.24, 2.45) is 10.9 Å². The Kier molecular flexibility index (Phi) is 8.09. The summed E-state index contributed by atoms with van der Waals surface area (Å²) in [6, 6.07) is 10.3. The molecule has 2 aromatic rings. The molecule has 1 aliphatic rings. The number of morpholine rings is 1. The van der Waals surface area contributed by atoms with E-state index in [1.165, 1.54) is 10.1 Å². The molecule has 2 unspecified atom stereocenters. The average Bonchev–Trinajstić information content (AvgIpc) is 3.15. The van der Waals surface area contributed by atoms with Gasteiger partial charge in [-0.1, -0.05) is 25.1 Å². The Morgan fingerprint density at radius 2 is 2.07 bits per heavy atom. The number of thiophene rings is 1. The van der Waals surface area contributed by atoms with Gasteiger partial charge in [-0.25, -0.2) is 0 Å². The molecule has 2 heterocycles. The fraction of sp³-hybridized carbons (Fsp3) is 0.571. The zero-order valence-corrected chi connectivity index (χ0v) is 17.7. The maximum absolute atomic E-state index is 10.6. The van der Waals surface area contributed by atoms with Crippen LogP contribution in [0.1, 0.15) is 24.8 Å². The third-order valence-corrected chi connectivity index (χ3v) is 6.03. The van der Waals surface area contributed by atoms with Gasteiger partial charge in [0.05, 0.1) is 13.2 Å². The fourth-order valence-electron chi connectivity index (χ4n) is 3.33. The second-order valence-electron chi connectivity index (χ2n) is 7.32. The number of aliphatic hydroxyl groups excluding tert-OH is 1. The number of benzene rings is 1. The van der Waals surface area contributed by atoms with Crippen LogP contribution in [0.2, 0.25) is 0 Å². The van der Waals surface area contributed by atoms with E-state index in [1.807, 2.05) is 12.1 Å². The van der Waals surface area contributed by atoms with E-state index in [2.05, 4.69) is 47.6 Å². The van der Waals surface area contributed by atoms with Crippen LogP contribution in [-0.4, -0.2) is 68.4 Å². The van der Waals surface area contributed by atoms with Crippen LogP contribution >= 0.6 is 11.3 Å². The molecule has 28 heavy (non-hydrogen) atoms. The Morgan fingerprint density at radius 1 is 1.29 bits per heavy atom. The van der Waals surface area contributed by atoms with E-state index in [0.717, 1.165) is 56.8 Å². The van der Waals surface area contributed by atoms with E-state index in [-0.39, 0.29) is 0 Å². The Labute approximate surface area is 171 Å². The number of aliphatic hydroxyl groups is 1. The summed E-state index contributed by atoms with van der Waals surface area (Å²) in [7, 11) is 0. The van der Waals surface area contributed by atoms with Gasteiger partial charge in [0.2, 0.25) is 0 Å². The highest BCUT2D eigenvalue weighted by atomic mass is 32.1. The lowest BCUT2D eigenvalue weighted by molar-refractivity contribution is 0.0323. The lowest BCUT2D eigenvalue weighted by Gasteiger charge is -2.28. The highest BCUT2D eigenvalue weighted by molar-refractivity contribution is 7.19. The van der Waals surface area contributed by atoms with Gasteiger partial charge in [0.15, 0.2) is 5.96 Å². The van der Waals surface area contributed by atoms with Crippen LogP contribution in [0.5, 0.6) is 0 Å². The Balaban J connectivity index is 1.50. The summed E-state index contributed by atoms with van der Waals surface area (Å²) in [4.78, 5) is 8.13. The summed E-state index contributed by atoms with van der Waals surface area (Å²) in [5.41, 5.74) is 0. The molecule has 154 valence electrons. The summed E-state index contributed by atoms with van der Waals surface area (Å²) in [5.74, 6) is 1.23. The number of hydrogen-bond acceptors (Lipinski definition) is 5. The smallest absolute Gasteiger partial charge is 0.191 e. The number of fused-ring (bicyclic) bond motifs is 1. The monoisotopic (exact) mass is 404 g/mol. The first-order chi connectivity index (χ1) is 13.7. The Morgan fingerprint density at radius 3 is 2.82 bits per heavy atom. The average molecular weight is 405 g/mol. The number of rotatable bonds is 8. The molecule has 0 saturated carbocycles. The van der Waals surface area contributed by atoms with Crippen molar-refractivity contribution in [2.75, 3.05) is 52.5 Å². The third kappa shape index (κ3) is 6.17. The Hall–Kier alpha value is -1.67. The van der Waals surface area contributed by atoms with Crippen molar-refractivity contribution in [1.82, 2.24) is 15.5 Å². The van der Waals surface area contributed by atoms with E-state index in [0.29, 0.717) is 12.5 Å². The molecule has 3 rings (SSSR count). The maximum atomic E-state index is 10.6. The minimum atomic E-state index is -0.549. The van der Waals surface area contributed by atoms with Crippen LogP contribution in [0.25, 0.3) is 10.1 Å².